The summed E-state index contributed by atoms with van der Waals surface area (Å²) in [7, 11) is 0. The zero-order valence-electron chi connectivity index (χ0n) is 6.41. The monoisotopic (exact) mass is 147 g/mol. The van der Waals surface area contributed by atoms with Gasteiger partial charge in [0.15, 0.2) is 5.82 Å². The Kier molecular flexibility index (Phi) is 2.11. The fraction of sp³-hybridized carbons (Fsp3) is 0.125. The van der Waals surface area contributed by atoms with Gasteiger partial charge in [-0.1, -0.05) is 12.7 Å². The van der Waals surface area contributed by atoms with Gasteiger partial charge in [-0.3, -0.25) is 0 Å². The van der Waals surface area contributed by atoms with E-state index in [1.165, 1.54) is 0 Å². The number of aliphatic imine (C=N–C) groups is 1. The van der Waals surface area contributed by atoms with E-state index in [1.807, 2.05) is 13.0 Å². The molecule has 56 valence electrons. The van der Waals surface area contributed by atoms with Crippen LogP contribution in [0, 0.1) is 6.92 Å². The van der Waals surface area contributed by atoms with Crippen molar-refractivity contribution in [3.8, 4) is 0 Å². The van der Waals surface area contributed by atoms with Crippen LogP contribution in [-0.4, -0.2) is 16.9 Å². The van der Waals surface area contributed by atoms with Crippen LogP contribution < -0.4 is 0 Å². The molecule has 11 heavy (non-hydrogen) atoms. The van der Waals surface area contributed by atoms with E-state index in [0.29, 0.717) is 5.82 Å². The zero-order valence-corrected chi connectivity index (χ0v) is 6.41. The fourth-order valence-electron chi connectivity index (χ4n) is 0.776. The molecule has 1 rings (SSSR count). The molecule has 0 aliphatic heterocycles. The van der Waals surface area contributed by atoms with Crippen molar-refractivity contribution in [3.05, 3.63) is 23.9 Å². The molecule has 0 aliphatic carbocycles. The molecule has 0 aromatic carbocycles. The highest BCUT2D eigenvalue weighted by Gasteiger charge is 1.97. The highest BCUT2D eigenvalue weighted by Crippen LogP contribution is 2.15. The molecule has 0 radical (unpaired) electrons. The molecule has 0 amide bonds. The van der Waals surface area contributed by atoms with E-state index in [2.05, 4.69) is 28.5 Å². The summed E-state index contributed by atoms with van der Waals surface area (Å²) in [4.78, 5) is 3.69. The van der Waals surface area contributed by atoms with Crippen LogP contribution in [0.4, 0.5) is 5.82 Å². The van der Waals surface area contributed by atoms with E-state index in [4.69, 9.17) is 0 Å². The Morgan fingerprint density at radius 1 is 1.55 bits per heavy atom. The standard InChI is InChI=1S/C8H9N3/c1-4-7-5-6(2)10-11-8(7)9-3/h4-5H,1,3H2,2H3. The lowest BCUT2D eigenvalue weighted by Crippen LogP contribution is -1.88. The van der Waals surface area contributed by atoms with E-state index < -0.39 is 0 Å². The second kappa shape index (κ2) is 3.05. The molecule has 1 aromatic rings. The van der Waals surface area contributed by atoms with Gasteiger partial charge < -0.3 is 0 Å². The number of aromatic nitrogens is 2. The van der Waals surface area contributed by atoms with Crippen LogP contribution in [-0.2, 0) is 0 Å². The zero-order chi connectivity index (χ0) is 8.27. The van der Waals surface area contributed by atoms with E-state index >= 15 is 0 Å². The van der Waals surface area contributed by atoms with E-state index in [9.17, 15) is 0 Å². The average Bonchev–Trinajstić information content (AvgIpc) is 2.04. The number of aryl methyl sites for hydroxylation is 1. The van der Waals surface area contributed by atoms with Crippen molar-refractivity contribution in [2.75, 3.05) is 0 Å². The van der Waals surface area contributed by atoms with Crippen molar-refractivity contribution in [2.45, 2.75) is 6.92 Å². The minimum atomic E-state index is 0.533. The average molecular weight is 147 g/mol. The maximum atomic E-state index is 3.83. The quantitative estimate of drug-likeness (QED) is 0.598. The molecule has 3 heteroatoms. The van der Waals surface area contributed by atoms with E-state index in [0.717, 1.165) is 11.3 Å². The molecule has 0 unspecified atom stereocenters. The van der Waals surface area contributed by atoms with Crippen LogP contribution in [0.15, 0.2) is 17.6 Å². The SMILES string of the molecule is C=Cc1cc(C)nnc1N=C. The molecular weight excluding hydrogens is 138 g/mol. The molecule has 0 saturated heterocycles. The second-order valence-corrected chi connectivity index (χ2v) is 2.13. The van der Waals surface area contributed by atoms with Crippen molar-refractivity contribution in [1.29, 1.82) is 0 Å². The van der Waals surface area contributed by atoms with Crippen LogP contribution in [0.3, 0.4) is 0 Å². The van der Waals surface area contributed by atoms with Gasteiger partial charge in [0.25, 0.3) is 0 Å². The Labute approximate surface area is 65.5 Å². The molecule has 1 aromatic heterocycles. The van der Waals surface area contributed by atoms with Crippen molar-refractivity contribution in [2.24, 2.45) is 4.99 Å². The molecule has 0 atom stereocenters. The maximum absolute atomic E-state index is 3.83. The molecule has 0 aliphatic rings. The lowest BCUT2D eigenvalue weighted by atomic mass is 10.2. The van der Waals surface area contributed by atoms with Gasteiger partial charge >= 0.3 is 0 Å². The van der Waals surface area contributed by atoms with E-state index in [1.54, 1.807) is 6.08 Å². The topological polar surface area (TPSA) is 38.1 Å². The molecule has 0 saturated carbocycles. The highest BCUT2D eigenvalue weighted by atomic mass is 15.1. The molecule has 3 nitrogen and oxygen atoms in total. The number of hydrogen-bond acceptors (Lipinski definition) is 3. The molecule has 0 fully saturated rings. The van der Waals surface area contributed by atoms with Crippen molar-refractivity contribution < 1.29 is 0 Å². The summed E-state index contributed by atoms with van der Waals surface area (Å²) in [5.74, 6) is 0.533. The summed E-state index contributed by atoms with van der Waals surface area (Å²) >= 11 is 0. The normalized spacial score (nSPS) is 9.18. The van der Waals surface area contributed by atoms with Crippen molar-refractivity contribution in [3.63, 3.8) is 0 Å². The van der Waals surface area contributed by atoms with E-state index in [-0.39, 0.29) is 0 Å². The van der Waals surface area contributed by atoms with Crippen LogP contribution in [0.5, 0.6) is 0 Å². The van der Waals surface area contributed by atoms with Gasteiger partial charge in [-0.25, -0.2) is 4.99 Å². The highest BCUT2D eigenvalue weighted by molar-refractivity contribution is 5.60. The molecule has 0 spiro atoms. The molecular formula is C8H9N3. The van der Waals surface area contributed by atoms with Gasteiger partial charge in [-0.05, 0) is 19.7 Å². The smallest absolute Gasteiger partial charge is 0.181 e. The third-order valence-electron chi connectivity index (χ3n) is 1.29. The summed E-state index contributed by atoms with van der Waals surface area (Å²) in [6, 6.07) is 1.87. The van der Waals surface area contributed by atoms with Gasteiger partial charge in [-0.15, -0.1) is 5.10 Å². The second-order valence-electron chi connectivity index (χ2n) is 2.13. The first-order valence-electron chi connectivity index (χ1n) is 3.21. The van der Waals surface area contributed by atoms with Crippen LogP contribution in [0.2, 0.25) is 0 Å². The van der Waals surface area contributed by atoms with Crippen LogP contribution in [0.1, 0.15) is 11.3 Å². The Morgan fingerprint density at radius 3 is 2.82 bits per heavy atom. The first-order valence-corrected chi connectivity index (χ1v) is 3.21. The Balaban J connectivity index is 3.26. The predicted octanol–water partition coefficient (Wildman–Crippen LogP) is 1.76. The van der Waals surface area contributed by atoms with Gasteiger partial charge in [0.2, 0.25) is 0 Å². The third-order valence-corrected chi connectivity index (χ3v) is 1.29. The maximum Gasteiger partial charge on any atom is 0.181 e. The summed E-state index contributed by atoms with van der Waals surface area (Å²) in [6.07, 6.45) is 1.69. The van der Waals surface area contributed by atoms with Crippen molar-refractivity contribution in [1.82, 2.24) is 10.2 Å². The van der Waals surface area contributed by atoms with Crippen molar-refractivity contribution >= 4 is 18.6 Å². The van der Waals surface area contributed by atoms with Crippen LogP contribution >= 0.6 is 0 Å². The first kappa shape index (κ1) is 7.60. The van der Waals surface area contributed by atoms with Gasteiger partial charge in [0, 0.05) is 5.56 Å². The predicted molar refractivity (Wildman–Crippen MR) is 46.1 cm³/mol. The lowest BCUT2D eigenvalue weighted by molar-refractivity contribution is 0.975. The lowest BCUT2D eigenvalue weighted by Gasteiger charge is -1.97. The third kappa shape index (κ3) is 1.49. The largest absolute Gasteiger partial charge is 0.243 e. The van der Waals surface area contributed by atoms with Gasteiger partial charge in [0.05, 0.1) is 5.69 Å². The first-order chi connectivity index (χ1) is 5.27. The molecule has 0 bridgehead atoms. The summed E-state index contributed by atoms with van der Waals surface area (Å²) in [6.45, 7) is 8.86. The minimum Gasteiger partial charge on any atom is -0.243 e. The van der Waals surface area contributed by atoms with Gasteiger partial charge in [0.1, 0.15) is 0 Å². The molecule has 1 heterocycles. The Bertz CT molecular complexity index is 291. The summed E-state index contributed by atoms with van der Waals surface area (Å²) in [5, 5.41) is 7.64. The van der Waals surface area contributed by atoms with Gasteiger partial charge in [-0.2, -0.15) is 5.10 Å². The fourth-order valence-corrected chi connectivity index (χ4v) is 0.776. The number of hydrogen-bond donors (Lipinski definition) is 0. The Hall–Kier alpha value is -1.51. The molecule has 0 N–H and O–H groups in total. The Morgan fingerprint density at radius 2 is 2.27 bits per heavy atom. The number of rotatable bonds is 2. The number of nitrogens with zero attached hydrogens (tertiary/aromatic N) is 3. The van der Waals surface area contributed by atoms with Crippen LogP contribution in [0.25, 0.3) is 6.08 Å². The minimum absolute atomic E-state index is 0.533. The summed E-state index contributed by atoms with van der Waals surface area (Å²) < 4.78 is 0. The summed E-state index contributed by atoms with van der Waals surface area (Å²) in [5.41, 5.74) is 1.72.